The van der Waals surface area contributed by atoms with Crippen LogP contribution in [0.3, 0.4) is 0 Å². The Balaban J connectivity index is 2.10. The lowest BCUT2D eigenvalue weighted by Gasteiger charge is -2.36. The predicted molar refractivity (Wildman–Crippen MR) is 91.6 cm³/mol. The average molecular weight is 399 g/mol. The summed E-state index contributed by atoms with van der Waals surface area (Å²) in [4.78, 5) is -0.306. The van der Waals surface area contributed by atoms with Gasteiger partial charge in [0.2, 0.25) is 5.88 Å². The van der Waals surface area contributed by atoms with Gasteiger partial charge in [-0.15, -0.1) is 0 Å². The molecule has 0 radical (unpaired) electrons. The lowest BCUT2D eigenvalue weighted by molar-refractivity contribution is -0.137. The lowest BCUT2D eigenvalue weighted by Crippen LogP contribution is -2.38. The van der Waals surface area contributed by atoms with E-state index in [0.29, 0.717) is 5.56 Å². The smallest absolute Gasteiger partial charge is 0.416 e. The second-order valence-electron chi connectivity index (χ2n) is 5.73. The van der Waals surface area contributed by atoms with E-state index in [-0.39, 0.29) is 10.8 Å². The summed E-state index contributed by atoms with van der Waals surface area (Å²) in [5.74, 6) is 0.000415. The van der Waals surface area contributed by atoms with Crippen LogP contribution in [0.2, 0.25) is 0 Å². The van der Waals surface area contributed by atoms with Crippen molar-refractivity contribution < 1.29 is 31.1 Å². The second-order valence-corrected chi connectivity index (χ2v) is 7.54. The number of halogens is 3. The number of benzene rings is 2. The summed E-state index contributed by atoms with van der Waals surface area (Å²) in [6, 6.07) is 10.3. The van der Waals surface area contributed by atoms with E-state index in [4.69, 9.17) is 9.47 Å². The molecule has 0 saturated heterocycles. The van der Waals surface area contributed by atoms with Gasteiger partial charge in [0.05, 0.1) is 17.6 Å². The van der Waals surface area contributed by atoms with Crippen molar-refractivity contribution in [3.8, 4) is 0 Å². The fourth-order valence-corrected chi connectivity index (χ4v) is 4.37. The highest BCUT2D eigenvalue weighted by Crippen LogP contribution is 2.39. The minimum absolute atomic E-state index is 0.000415. The molecule has 0 amide bonds. The Bertz CT molecular complexity index is 969. The van der Waals surface area contributed by atoms with Crippen LogP contribution in [0.1, 0.15) is 22.9 Å². The van der Waals surface area contributed by atoms with E-state index in [1.165, 1.54) is 20.3 Å². The molecule has 0 N–H and O–H groups in total. The van der Waals surface area contributed by atoms with Crippen LogP contribution in [-0.2, 0) is 25.7 Å². The first-order valence-corrected chi connectivity index (χ1v) is 9.23. The standard InChI is InChI=1S/C18H16F3NO4S/c1-25-16-11-12-5-3-4-6-15(12)17(26-2)22(16)27(23,24)14-9-7-13(8-10-14)18(19,20)21/h3-11,17H,1-2H3. The first kappa shape index (κ1) is 19.2. The summed E-state index contributed by atoms with van der Waals surface area (Å²) in [5, 5.41) is 0. The Kier molecular flexibility index (Phi) is 4.92. The lowest BCUT2D eigenvalue weighted by atomic mass is 10.0. The highest BCUT2D eigenvalue weighted by molar-refractivity contribution is 7.89. The molecule has 1 atom stereocenters. The summed E-state index contributed by atoms with van der Waals surface area (Å²) < 4.78 is 76.1. The molecule has 27 heavy (non-hydrogen) atoms. The molecule has 2 aromatic carbocycles. The van der Waals surface area contributed by atoms with Gasteiger partial charge >= 0.3 is 6.18 Å². The highest BCUT2D eigenvalue weighted by Gasteiger charge is 2.39. The largest absolute Gasteiger partial charge is 0.482 e. The average Bonchev–Trinajstić information content (AvgIpc) is 2.65. The molecule has 3 rings (SSSR count). The third-order valence-corrected chi connectivity index (χ3v) is 5.90. The van der Waals surface area contributed by atoms with E-state index in [1.807, 2.05) is 0 Å². The maximum atomic E-state index is 13.1. The van der Waals surface area contributed by atoms with Crippen molar-refractivity contribution in [3.63, 3.8) is 0 Å². The number of methoxy groups -OCH3 is 2. The summed E-state index contributed by atoms with van der Waals surface area (Å²) in [5.41, 5.74) is 0.382. The maximum absolute atomic E-state index is 13.1. The Morgan fingerprint density at radius 1 is 1.00 bits per heavy atom. The summed E-state index contributed by atoms with van der Waals surface area (Å²) in [6.45, 7) is 0. The van der Waals surface area contributed by atoms with Gasteiger partial charge < -0.3 is 9.47 Å². The van der Waals surface area contributed by atoms with Gasteiger partial charge in [0.1, 0.15) is 0 Å². The molecule has 0 saturated carbocycles. The number of sulfonamides is 1. The fourth-order valence-electron chi connectivity index (χ4n) is 2.85. The third-order valence-electron chi connectivity index (χ3n) is 4.14. The quantitative estimate of drug-likeness (QED) is 0.780. The molecule has 1 heterocycles. The Morgan fingerprint density at radius 2 is 1.63 bits per heavy atom. The molecule has 5 nitrogen and oxygen atoms in total. The highest BCUT2D eigenvalue weighted by atomic mass is 32.2. The van der Waals surface area contributed by atoms with Gasteiger partial charge in [0.25, 0.3) is 10.0 Å². The van der Waals surface area contributed by atoms with Crippen LogP contribution in [0, 0.1) is 0 Å². The first-order valence-electron chi connectivity index (χ1n) is 7.79. The Hall–Kier alpha value is -2.52. The minimum Gasteiger partial charge on any atom is -0.482 e. The van der Waals surface area contributed by atoms with Gasteiger partial charge in [-0.25, -0.2) is 12.7 Å². The molecule has 0 aromatic heterocycles. The van der Waals surface area contributed by atoms with Crippen LogP contribution in [0.5, 0.6) is 0 Å². The number of fused-ring (bicyclic) bond motifs is 1. The van der Waals surface area contributed by atoms with Crippen LogP contribution < -0.4 is 0 Å². The molecule has 2 aromatic rings. The topological polar surface area (TPSA) is 55.8 Å². The monoisotopic (exact) mass is 399 g/mol. The molecular weight excluding hydrogens is 383 g/mol. The minimum atomic E-state index is -4.56. The van der Waals surface area contributed by atoms with Crippen molar-refractivity contribution in [2.75, 3.05) is 14.2 Å². The van der Waals surface area contributed by atoms with Gasteiger partial charge in [-0.2, -0.15) is 13.2 Å². The number of rotatable bonds is 4. The van der Waals surface area contributed by atoms with Crippen molar-refractivity contribution in [2.45, 2.75) is 17.3 Å². The summed E-state index contributed by atoms with van der Waals surface area (Å²) >= 11 is 0. The van der Waals surface area contributed by atoms with E-state index < -0.39 is 28.0 Å². The number of hydrogen-bond acceptors (Lipinski definition) is 4. The number of ether oxygens (including phenoxy) is 2. The molecule has 0 aliphatic carbocycles. The molecule has 1 unspecified atom stereocenters. The molecule has 0 bridgehead atoms. The van der Waals surface area contributed by atoms with Gasteiger partial charge in [0.15, 0.2) is 6.23 Å². The molecule has 1 aliphatic rings. The molecule has 0 spiro atoms. The fraction of sp³-hybridized carbons (Fsp3) is 0.222. The van der Waals surface area contributed by atoms with Crippen LogP contribution in [0.15, 0.2) is 59.3 Å². The summed E-state index contributed by atoms with van der Waals surface area (Å²) in [7, 11) is -1.59. The van der Waals surface area contributed by atoms with E-state index in [2.05, 4.69) is 0 Å². The van der Waals surface area contributed by atoms with Crippen molar-refractivity contribution >= 4 is 16.1 Å². The van der Waals surface area contributed by atoms with Crippen LogP contribution in [0.4, 0.5) is 13.2 Å². The molecule has 9 heteroatoms. The van der Waals surface area contributed by atoms with Gasteiger partial charge in [-0.3, -0.25) is 0 Å². The molecule has 1 aliphatic heterocycles. The number of hydrogen-bond donors (Lipinski definition) is 0. The van der Waals surface area contributed by atoms with Gasteiger partial charge in [-0.05, 0) is 29.8 Å². The van der Waals surface area contributed by atoms with Crippen LogP contribution >= 0.6 is 0 Å². The SMILES string of the molecule is COC1=Cc2ccccc2C(OC)N1S(=O)(=O)c1ccc(C(F)(F)F)cc1. The van der Waals surface area contributed by atoms with Gasteiger partial charge in [-0.1, -0.05) is 24.3 Å². The van der Waals surface area contributed by atoms with Gasteiger partial charge in [0, 0.05) is 18.7 Å². The van der Waals surface area contributed by atoms with E-state index in [0.717, 1.165) is 34.1 Å². The Morgan fingerprint density at radius 3 is 2.19 bits per heavy atom. The first-order chi connectivity index (χ1) is 12.7. The molecular formula is C18H16F3NO4S. The van der Waals surface area contributed by atoms with E-state index in [9.17, 15) is 21.6 Å². The van der Waals surface area contributed by atoms with Crippen molar-refractivity contribution in [1.82, 2.24) is 4.31 Å². The van der Waals surface area contributed by atoms with Crippen molar-refractivity contribution in [1.29, 1.82) is 0 Å². The summed E-state index contributed by atoms with van der Waals surface area (Å²) in [6.07, 6.45) is -4.04. The third kappa shape index (κ3) is 3.40. The zero-order valence-corrected chi connectivity index (χ0v) is 15.2. The zero-order chi connectivity index (χ0) is 19.8. The zero-order valence-electron chi connectivity index (χ0n) is 14.4. The molecule has 144 valence electrons. The van der Waals surface area contributed by atoms with Crippen LogP contribution in [0.25, 0.3) is 6.08 Å². The number of nitrogens with zero attached hydrogens (tertiary/aromatic N) is 1. The predicted octanol–water partition coefficient (Wildman–Crippen LogP) is 4.00. The molecule has 0 fully saturated rings. The second kappa shape index (κ2) is 6.90. The number of alkyl halides is 3. The maximum Gasteiger partial charge on any atom is 0.416 e. The van der Waals surface area contributed by atoms with Crippen molar-refractivity contribution in [2.24, 2.45) is 0 Å². The van der Waals surface area contributed by atoms with E-state index >= 15 is 0 Å². The Labute approximate surface area is 154 Å². The van der Waals surface area contributed by atoms with Crippen molar-refractivity contribution in [3.05, 3.63) is 71.1 Å². The van der Waals surface area contributed by atoms with Crippen LogP contribution in [-0.4, -0.2) is 26.9 Å². The normalized spacial score (nSPS) is 17.3. The van der Waals surface area contributed by atoms with E-state index in [1.54, 1.807) is 24.3 Å².